The zero-order valence-corrected chi connectivity index (χ0v) is 7.58. The third-order valence-corrected chi connectivity index (χ3v) is 1.46. The fraction of sp³-hybridized carbons (Fsp3) is 0.714. The molecule has 6 heteroatoms. The molecule has 0 aromatic heterocycles. The van der Waals surface area contributed by atoms with Crippen LogP contribution in [0.2, 0.25) is 0 Å². The summed E-state index contributed by atoms with van der Waals surface area (Å²) in [4.78, 5) is 4.63. The van der Waals surface area contributed by atoms with Crippen LogP contribution in [-0.4, -0.2) is 58.5 Å². The average Bonchev–Trinajstić information content (AvgIpc) is 2.14. The molecule has 0 aliphatic carbocycles. The Morgan fingerprint density at radius 1 is 1.54 bits per heavy atom. The molecule has 6 nitrogen and oxygen atoms in total. The molecule has 78 valence electrons. The SMILES string of the molecule is CON(C)C=C(O)[C@H](O)[C@@H](O)CO. The Kier molecular flexibility index (Phi) is 5.40. The van der Waals surface area contributed by atoms with Gasteiger partial charge in [0, 0.05) is 7.05 Å². The van der Waals surface area contributed by atoms with E-state index in [4.69, 9.17) is 20.4 Å². The quantitative estimate of drug-likeness (QED) is 0.317. The maximum Gasteiger partial charge on any atom is 0.142 e. The highest BCUT2D eigenvalue weighted by atomic mass is 16.7. The average molecular weight is 193 g/mol. The molecule has 0 aliphatic heterocycles. The van der Waals surface area contributed by atoms with E-state index in [9.17, 15) is 0 Å². The first-order valence-electron chi connectivity index (χ1n) is 3.67. The summed E-state index contributed by atoms with van der Waals surface area (Å²) >= 11 is 0. The maximum absolute atomic E-state index is 9.14. The van der Waals surface area contributed by atoms with Gasteiger partial charge >= 0.3 is 0 Å². The molecule has 0 radical (unpaired) electrons. The van der Waals surface area contributed by atoms with Gasteiger partial charge in [0.25, 0.3) is 0 Å². The van der Waals surface area contributed by atoms with Crippen molar-refractivity contribution in [3.63, 3.8) is 0 Å². The van der Waals surface area contributed by atoms with E-state index >= 15 is 0 Å². The molecule has 0 saturated heterocycles. The summed E-state index contributed by atoms with van der Waals surface area (Å²) in [7, 11) is 2.87. The molecular weight excluding hydrogens is 178 g/mol. The number of aliphatic hydroxyl groups is 4. The van der Waals surface area contributed by atoms with Crippen molar-refractivity contribution in [2.75, 3.05) is 20.8 Å². The van der Waals surface area contributed by atoms with Crippen LogP contribution in [0.5, 0.6) is 0 Å². The molecule has 0 bridgehead atoms. The zero-order valence-electron chi connectivity index (χ0n) is 7.58. The van der Waals surface area contributed by atoms with E-state index in [1.165, 1.54) is 14.2 Å². The van der Waals surface area contributed by atoms with Gasteiger partial charge in [-0.25, -0.2) is 0 Å². The number of aliphatic hydroxyl groups excluding tert-OH is 4. The van der Waals surface area contributed by atoms with Gasteiger partial charge in [-0.2, -0.15) is 0 Å². The van der Waals surface area contributed by atoms with Gasteiger partial charge in [0.1, 0.15) is 18.0 Å². The van der Waals surface area contributed by atoms with Gasteiger partial charge in [0.05, 0.1) is 19.9 Å². The number of hydroxylamine groups is 2. The number of nitrogens with zero attached hydrogens (tertiary/aromatic N) is 1. The lowest BCUT2D eigenvalue weighted by molar-refractivity contribution is -0.0726. The summed E-state index contributed by atoms with van der Waals surface area (Å²) < 4.78 is 0. The van der Waals surface area contributed by atoms with Crippen LogP contribution < -0.4 is 0 Å². The lowest BCUT2D eigenvalue weighted by Gasteiger charge is -2.17. The van der Waals surface area contributed by atoms with Gasteiger partial charge in [-0.1, -0.05) is 0 Å². The Morgan fingerprint density at radius 3 is 2.46 bits per heavy atom. The van der Waals surface area contributed by atoms with Gasteiger partial charge in [0.15, 0.2) is 0 Å². The Labute approximate surface area is 76.2 Å². The van der Waals surface area contributed by atoms with Gasteiger partial charge < -0.3 is 20.4 Å². The summed E-state index contributed by atoms with van der Waals surface area (Å²) in [6.07, 6.45) is -1.83. The highest BCUT2D eigenvalue weighted by Crippen LogP contribution is 2.04. The molecule has 0 spiro atoms. The number of hydrogen-bond acceptors (Lipinski definition) is 6. The Bertz CT molecular complexity index is 172. The first kappa shape index (κ1) is 12.2. The Hall–Kier alpha value is -0.820. The third-order valence-electron chi connectivity index (χ3n) is 1.46. The summed E-state index contributed by atoms with van der Waals surface area (Å²) in [5, 5.41) is 36.8. The monoisotopic (exact) mass is 193 g/mol. The number of hydrogen-bond donors (Lipinski definition) is 4. The van der Waals surface area contributed by atoms with Crippen LogP contribution in [0.4, 0.5) is 0 Å². The molecule has 0 aromatic rings. The fourth-order valence-electron chi connectivity index (χ4n) is 0.612. The van der Waals surface area contributed by atoms with E-state index in [0.29, 0.717) is 0 Å². The van der Waals surface area contributed by atoms with Crippen molar-refractivity contribution in [2.45, 2.75) is 12.2 Å². The smallest absolute Gasteiger partial charge is 0.142 e. The van der Waals surface area contributed by atoms with Crippen molar-refractivity contribution in [3.8, 4) is 0 Å². The van der Waals surface area contributed by atoms with E-state index in [1.807, 2.05) is 0 Å². The Morgan fingerprint density at radius 2 is 2.08 bits per heavy atom. The van der Waals surface area contributed by atoms with Crippen molar-refractivity contribution >= 4 is 0 Å². The maximum atomic E-state index is 9.14. The predicted octanol–water partition coefficient (Wildman–Crippen LogP) is -1.41. The van der Waals surface area contributed by atoms with Crippen LogP contribution >= 0.6 is 0 Å². The van der Waals surface area contributed by atoms with Crippen molar-refractivity contribution in [1.29, 1.82) is 0 Å². The molecule has 0 aliphatic rings. The second kappa shape index (κ2) is 5.76. The van der Waals surface area contributed by atoms with Crippen LogP contribution in [0.1, 0.15) is 0 Å². The second-order valence-corrected chi connectivity index (χ2v) is 2.48. The van der Waals surface area contributed by atoms with Crippen LogP contribution in [0.25, 0.3) is 0 Å². The van der Waals surface area contributed by atoms with Gasteiger partial charge in [-0.05, 0) is 0 Å². The van der Waals surface area contributed by atoms with E-state index in [1.54, 1.807) is 0 Å². The third kappa shape index (κ3) is 4.09. The molecule has 0 aromatic carbocycles. The van der Waals surface area contributed by atoms with Crippen molar-refractivity contribution in [2.24, 2.45) is 0 Å². The van der Waals surface area contributed by atoms with Crippen LogP contribution in [0.3, 0.4) is 0 Å². The minimum atomic E-state index is -1.51. The van der Waals surface area contributed by atoms with E-state index in [-0.39, 0.29) is 0 Å². The van der Waals surface area contributed by atoms with E-state index in [0.717, 1.165) is 11.3 Å². The molecule has 0 saturated carbocycles. The van der Waals surface area contributed by atoms with E-state index < -0.39 is 24.6 Å². The summed E-state index contributed by atoms with van der Waals surface area (Å²) in [5.41, 5.74) is 0. The van der Waals surface area contributed by atoms with E-state index in [2.05, 4.69) is 4.84 Å². The summed E-state index contributed by atoms with van der Waals surface area (Å²) in [6, 6.07) is 0. The second-order valence-electron chi connectivity index (χ2n) is 2.48. The predicted molar refractivity (Wildman–Crippen MR) is 44.6 cm³/mol. The fourth-order valence-corrected chi connectivity index (χ4v) is 0.612. The molecule has 0 unspecified atom stereocenters. The first-order chi connectivity index (χ1) is 6.02. The van der Waals surface area contributed by atoms with Crippen molar-refractivity contribution in [3.05, 3.63) is 12.0 Å². The minimum Gasteiger partial charge on any atom is -0.508 e. The Balaban J connectivity index is 4.23. The molecule has 0 rings (SSSR count). The topological polar surface area (TPSA) is 93.4 Å². The highest BCUT2D eigenvalue weighted by Gasteiger charge is 2.19. The highest BCUT2D eigenvalue weighted by molar-refractivity contribution is 4.98. The van der Waals surface area contributed by atoms with Gasteiger partial charge in [-0.3, -0.25) is 9.90 Å². The minimum absolute atomic E-state index is 0.481. The van der Waals surface area contributed by atoms with Gasteiger partial charge in [0.2, 0.25) is 0 Å². The molecule has 0 fully saturated rings. The molecule has 0 heterocycles. The summed E-state index contributed by atoms with van der Waals surface area (Å²) in [5.74, 6) is -0.481. The van der Waals surface area contributed by atoms with Crippen molar-refractivity contribution < 1.29 is 25.3 Å². The lowest BCUT2D eigenvalue weighted by atomic mass is 10.2. The largest absolute Gasteiger partial charge is 0.508 e. The zero-order chi connectivity index (χ0) is 10.4. The van der Waals surface area contributed by atoms with Crippen molar-refractivity contribution in [1.82, 2.24) is 5.06 Å². The van der Waals surface area contributed by atoms with Gasteiger partial charge in [-0.15, -0.1) is 0 Å². The molecule has 0 amide bonds. The van der Waals surface area contributed by atoms with Crippen LogP contribution in [0, 0.1) is 0 Å². The first-order valence-corrected chi connectivity index (χ1v) is 3.67. The number of rotatable bonds is 5. The standard InChI is InChI=1S/C7H15NO5/c1-8(13-2)3-5(10)7(12)6(11)4-9/h3,6-7,9-12H,4H2,1-2H3/t6-,7-/m0/s1. The molecule has 2 atom stereocenters. The molecular formula is C7H15NO5. The molecule has 13 heavy (non-hydrogen) atoms. The lowest BCUT2D eigenvalue weighted by Crippen LogP contribution is -2.31. The normalized spacial score (nSPS) is 16.8. The molecule has 4 N–H and O–H groups in total. The summed E-state index contributed by atoms with van der Waals surface area (Å²) in [6.45, 7) is -0.629. The van der Waals surface area contributed by atoms with Crippen LogP contribution in [0.15, 0.2) is 12.0 Å². The van der Waals surface area contributed by atoms with Crippen LogP contribution in [-0.2, 0) is 4.84 Å².